The molecular formula is C12H23NO2. The summed E-state index contributed by atoms with van der Waals surface area (Å²) in [5, 5.41) is 11.8. The van der Waals surface area contributed by atoms with Gasteiger partial charge in [0.25, 0.3) is 0 Å². The van der Waals surface area contributed by atoms with Crippen molar-refractivity contribution in [1.82, 2.24) is 5.32 Å². The molecule has 0 aliphatic heterocycles. The minimum Gasteiger partial charge on any atom is -0.481 e. The van der Waals surface area contributed by atoms with Crippen LogP contribution < -0.4 is 5.32 Å². The number of nitrogens with one attached hydrogen (secondary N) is 1. The SMILES string of the molecule is C=CCCCNCCC(C)CCC(=O)O. The van der Waals surface area contributed by atoms with E-state index in [1.165, 1.54) is 0 Å². The quantitative estimate of drug-likeness (QED) is 0.433. The van der Waals surface area contributed by atoms with Gasteiger partial charge in [-0.2, -0.15) is 0 Å². The normalized spacial score (nSPS) is 12.3. The fourth-order valence-corrected chi connectivity index (χ4v) is 1.36. The number of aliphatic carboxylic acids is 1. The minimum absolute atomic E-state index is 0.289. The van der Waals surface area contributed by atoms with Crippen molar-refractivity contribution < 1.29 is 9.90 Å². The Bertz CT molecular complexity index is 180. The Hall–Kier alpha value is -0.830. The Balaban J connectivity index is 3.19. The Kier molecular flexibility index (Phi) is 9.18. The first kappa shape index (κ1) is 14.2. The molecule has 0 aromatic rings. The highest BCUT2D eigenvalue weighted by Gasteiger charge is 2.04. The molecule has 0 saturated carbocycles. The van der Waals surface area contributed by atoms with Crippen molar-refractivity contribution in [1.29, 1.82) is 0 Å². The number of carbonyl (C=O) groups is 1. The molecule has 0 heterocycles. The molecule has 0 aromatic carbocycles. The van der Waals surface area contributed by atoms with Crippen molar-refractivity contribution >= 4 is 5.97 Å². The second-order valence-corrected chi connectivity index (χ2v) is 4.01. The highest BCUT2D eigenvalue weighted by molar-refractivity contribution is 5.66. The van der Waals surface area contributed by atoms with E-state index in [-0.39, 0.29) is 6.42 Å². The summed E-state index contributed by atoms with van der Waals surface area (Å²) in [5.41, 5.74) is 0. The van der Waals surface area contributed by atoms with Crippen molar-refractivity contribution in [3.05, 3.63) is 12.7 Å². The van der Waals surface area contributed by atoms with E-state index in [2.05, 4.69) is 18.8 Å². The molecule has 0 saturated heterocycles. The summed E-state index contributed by atoms with van der Waals surface area (Å²) in [6.07, 6.45) is 6.24. The maximum absolute atomic E-state index is 10.3. The first-order chi connectivity index (χ1) is 7.16. The molecule has 88 valence electrons. The summed E-state index contributed by atoms with van der Waals surface area (Å²) >= 11 is 0. The molecule has 1 unspecified atom stereocenters. The molecule has 0 aliphatic carbocycles. The van der Waals surface area contributed by atoms with E-state index in [1.54, 1.807) is 0 Å². The van der Waals surface area contributed by atoms with Crippen LogP contribution in [0.1, 0.15) is 39.0 Å². The van der Waals surface area contributed by atoms with Crippen LogP contribution in [0, 0.1) is 5.92 Å². The van der Waals surface area contributed by atoms with Gasteiger partial charge in [-0.1, -0.05) is 13.0 Å². The predicted molar refractivity (Wildman–Crippen MR) is 63.0 cm³/mol. The van der Waals surface area contributed by atoms with Crippen LogP contribution >= 0.6 is 0 Å². The number of hydrogen-bond donors (Lipinski definition) is 2. The minimum atomic E-state index is -0.694. The largest absolute Gasteiger partial charge is 0.481 e. The van der Waals surface area contributed by atoms with E-state index in [9.17, 15) is 4.79 Å². The van der Waals surface area contributed by atoms with Gasteiger partial charge in [-0.15, -0.1) is 6.58 Å². The molecule has 0 rings (SSSR count). The third kappa shape index (κ3) is 11.1. The summed E-state index contributed by atoms with van der Waals surface area (Å²) in [7, 11) is 0. The molecule has 0 radical (unpaired) electrons. The number of allylic oxidation sites excluding steroid dienone is 1. The summed E-state index contributed by atoms with van der Waals surface area (Å²) in [6, 6.07) is 0. The highest BCUT2D eigenvalue weighted by Crippen LogP contribution is 2.08. The fraction of sp³-hybridized carbons (Fsp3) is 0.750. The van der Waals surface area contributed by atoms with Gasteiger partial charge in [0, 0.05) is 6.42 Å². The zero-order valence-corrected chi connectivity index (χ0v) is 9.67. The van der Waals surface area contributed by atoms with Crippen LogP contribution in [0.4, 0.5) is 0 Å². The van der Waals surface area contributed by atoms with Crippen LogP contribution in [0.2, 0.25) is 0 Å². The summed E-state index contributed by atoms with van der Waals surface area (Å²) in [5.74, 6) is -0.200. The Morgan fingerprint density at radius 2 is 2.20 bits per heavy atom. The second kappa shape index (κ2) is 9.71. The first-order valence-electron chi connectivity index (χ1n) is 5.70. The van der Waals surface area contributed by atoms with Gasteiger partial charge in [0.05, 0.1) is 0 Å². The molecule has 3 heteroatoms. The van der Waals surface area contributed by atoms with Gasteiger partial charge in [0.15, 0.2) is 0 Å². The standard InChI is InChI=1S/C12H23NO2/c1-3-4-5-9-13-10-8-11(2)6-7-12(14)15/h3,11,13H,1,4-10H2,2H3,(H,14,15). The molecule has 0 bridgehead atoms. The highest BCUT2D eigenvalue weighted by atomic mass is 16.4. The predicted octanol–water partition coefficient (Wildman–Crippen LogP) is 2.43. The fourth-order valence-electron chi connectivity index (χ4n) is 1.36. The molecule has 0 fully saturated rings. The molecule has 0 spiro atoms. The zero-order valence-electron chi connectivity index (χ0n) is 9.67. The molecule has 0 aliphatic rings. The van der Waals surface area contributed by atoms with Crippen molar-refractivity contribution in [3.8, 4) is 0 Å². The Morgan fingerprint density at radius 1 is 1.47 bits per heavy atom. The third-order valence-corrected chi connectivity index (χ3v) is 2.43. The molecule has 3 nitrogen and oxygen atoms in total. The lowest BCUT2D eigenvalue weighted by Gasteiger charge is -2.10. The van der Waals surface area contributed by atoms with E-state index < -0.39 is 5.97 Å². The average molecular weight is 213 g/mol. The molecule has 15 heavy (non-hydrogen) atoms. The van der Waals surface area contributed by atoms with E-state index in [1.807, 2.05) is 6.08 Å². The third-order valence-electron chi connectivity index (χ3n) is 2.43. The molecule has 0 aromatic heterocycles. The number of rotatable bonds is 10. The summed E-state index contributed by atoms with van der Waals surface area (Å²) < 4.78 is 0. The lowest BCUT2D eigenvalue weighted by molar-refractivity contribution is -0.137. The van der Waals surface area contributed by atoms with Gasteiger partial charge in [0.1, 0.15) is 0 Å². The lowest BCUT2D eigenvalue weighted by atomic mass is 10.0. The molecule has 1 atom stereocenters. The van der Waals surface area contributed by atoms with E-state index in [0.717, 1.165) is 38.8 Å². The number of hydrogen-bond acceptors (Lipinski definition) is 2. The van der Waals surface area contributed by atoms with Gasteiger partial charge >= 0.3 is 5.97 Å². The second-order valence-electron chi connectivity index (χ2n) is 4.01. The van der Waals surface area contributed by atoms with Crippen LogP contribution in [-0.2, 0) is 4.79 Å². The van der Waals surface area contributed by atoms with Gasteiger partial charge < -0.3 is 10.4 Å². The van der Waals surface area contributed by atoms with E-state index >= 15 is 0 Å². The van der Waals surface area contributed by atoms with Crippen LogP contribution in [0.15, 0.2) is 12.7 Å². The number of carboxylic acids is 1. The number of carboxylic acid groups (broad SMARTS) is 1. The van der Waals surface area contributed by atoms with Crippen molar-refractivity contribution in [2.45, 2.75) is 39.0 Å². The monoisotopic (exact) mass is 213 g/mol. The lowest BCUT2D eigenvalue weighted by Crippen LogP contribution is -2.18. The number of unbranched alkanes of at least 4 members (excludes halogenated alkanes) is 1. The van der Waals surface area contributed by atoms with Gasteiger partial charge in [-0.25, -0.2) is 0 Å². The van der Waals surface area contributed by atoms with Gasteiger partial charge in [0.2, 0.25) is 0 Å². The Morgan fingerprint density at radius 3 is 2.80 bits per heavy atom. The van der Waals surface area contributed by atoms with Gasteiger partial charge in [-0.3, -0.25) is 4.79 Å². The van der Waals surface area contributed by atoms with E-state index in [0.29, 0.717) is 5.92 Å². The van der Waals surface area contributed by atoms with Crippen LogP contribution in [0.25, 0.3) is 0 Å². The first-order valence-corrected chi connectivity index (χ1v) is 5.70. The van der Waals surface area contributed by atoms with Crippen molar-refractivity contribution in [2.24, 2.45) is 5.92 Å². The molecule has 0 amide bonds. The smallest absolute Gasteiger partial charge is 0.303 e. The topological polar surface area (TPSA) is 49.3 Å². The average Bonchev–Trinajstić information content (AvgIpc) is 2.20. The summed E-state index contributed by atoms with van der Waals surface area (Å²) in [6.45, 7) is 7.78. The van der Waals surface area contributed by atoms with Gasteiger partial charge in [-0.05, 0) is 44.7 Å². The van der Waals surface area contributed by atoms with Crippen LogP contribution in [0.3, 0.4) is 0 Å². The Labute approximate surface area is 92.6 Å². The van der Waals surface area contributed by atoms with E-state index in [4.69, 9.17) is 5.11 Å². The van der Waals surface area contributed by atoms with Crippen LogP contribution in [-0.4, -0.2) is 24.2 Å². The maximum Gasteiger partial charge on any atom is 0.303 e. The summed E-state index contributed by atoms with van der Waals surface area (Å²) in [4.78, 5) is 10.3. The maximum atomic E-state index is 10.3. The van der Waals surface area contributed by atoms with Crippen LogP contribution in [0.5, 0.6) is 0 Å². The van der Waals surface area contributed by atoms with Crippen molar-refractivity contribution in [3.63, 3.8) is 0 Å². The molecule has 2 N–H and O–H groups in total. The van der Waals surface area contributed by atoms with Crippen molar-refractivity contribution in [2.75, 3.05) is 13.1 Å². The molecular weight excluding hydrogens is 190 g/mol. The zero-order chi connectivity index (χ0) is 11.5.